The van der Waals surface area contributed by atoms with E-state index in [1.807, 2.05) is 23.2 Å². The van der Waals surface area contributed by atoms with Gasteiger partial charge < -0.3 is 0 Å². The molecule has 6 heteroatoms. The Morgan fingerprint density at radius 2 is 2.06 bits per heavy atom. The lowest BCUT2D eigenvalue weighted by atomic mass is 10.1. The highest BCUT2D eigenvalue weighted by Gasteiger charge is 2.18. The van der Waals surface area contributed by atoms with Gasteiger partial charge in [0.05, 0.1) is 15.7 Å². The first-order chi connectivity index (χ1) is 8.41. The van der Waals surface area contributed by atoms with Crippen LogP contribution in [0, 0.1) is 0 Å². The summed E-state index contributed by atoms with van der Waals surface area (Å²) in [4.78, 5) is 8.63. The van der Waals surface area contributed by atoms with E-state index in [2.05, 4.69) is 51.8 Å². The predicted molar refractivity (Wildman–Crippen MR) is 77.7 cm³/mol. The van der Waals surface area contributed by atoms with Crippen molar-refractivity contribution in [3.63, 3.8) is 0 Å². The lowest BCUT2D eigenvalue weighted by Crippen LogP contribution is -2.22. The molecule has 0 saturated heterocycles. The van der Waals surface area contributed by atoms with Gasteiger partial charge in [-0.25, -0.2) is 9.97 Å². The number of thioether (sulfide) groups is 1. The minimum atomic E-state index is -0.0455. The number of rotatable bonds is 2. The minimum Gasteiger partial charge on any atom is -0.266 e. The van der Waals surface area contributed by atoms with Crippen LogP contribution in [0.5, 0.6) is 0 Å². The first-order valence-electron chi connectivity index (χ1n) is 5.55. The van der Waals surface area contributed by atoms with Gasteiger partial charge in [0.15, 0.2) is 5.16 Å². The molecule has 0 bridgehead atoms. The summed E-state index contributed by atoms with van der Waals surface area (Å²) in [5.74, 6) is 0. The second-order valence-electron chi connectivity index (χ2n) is 4.87. The van der Waals surface area contributed by atoms with Gasteiger partial charge in [0.2, 0.25) is 0 Å². The van der Waals surface area contributed by atoms with Gasteiger partial charge in [-0.05, 0) is 49.0 Å². The largest absolute Gasteiger partial charge is 0.266 e. The Labute approximate surface area is 119 Å². The highest BCUT2D eigenvalue weighted by Crippen LogP contribution is 2.28. The van der Waals surface area contributed by atoms with Crippen molar-refractivity contribution in [2.24, 2.45) is 0 Å². The second-order valence-corrected chi connectivity index (χ2v) is 6.50. The Balaban J connectivity index is 2.47. The zero-order valence-electron chi connectivity index (χ0n) is 10.8. The third-order valence-electron chi connectivity index (χ3n) is 2.42. The van der Waals surface area contributed by atoms with Crippen molar-refractivity contribution in [1.82, 2.24) is 19.7 Å². The summed E-state index contributed by atoms with van der Waals surface area (Å²) in [5.41, 5.74) is 1.64. The van der Waals surface area contributed by atoms with Crippen LogP contribution in [0.4, 0.5) is 0 Å². The maximum absolute atomic E-state index is 4.60. The van der Waals surface area contributed by atoms with Gasteiger partial charge in [-0.1, -0.05) is 11.8 Å². The molecule has 0 aliphatic rings. The zero-order valence-corrected chi connectivity index (χ0v) is 13.2. The van der Waals surface area contributed by atoms with E-state index >= 15 is 0 Å². The third kappa shape index (κ3) is 2.75. The molecule has 2 heterocycles. The van der Waals surface area contributed by atoms with Crippen molar-refractivity contribution in [3.8, 4) is 11.4 Å². The Kier molecular flexibility index (Phi) is 3.77. The molecule has 2 aromatic rings. The van der Waals surface area contributed by atoms with Crippen LogP contribution in [0.3, 0.4) is 0 Å². The second kappa shape index (κ2) is 5.01. The number of halogens is 1. The molecule has 96 valence electrons. The number of aromatic nitrogens is 4. The van der Waals surface area contributed by atoms with Crippen molar-refractivity contribution in [2.75, 3.05) is 6.26 Å². The molecule has 2 aromatic heterocycles. The lowest BCUT2D eigenvalue weighted by molar-refractivity contribution is 0.356. The SMILES string of the molecule is CSc1nccc(-c2nn(C(C)(C)C)cc2Br)n1. The maximum Gasteiger partial charge on any atom is 0.187 e. The summed E-state index contributed by atoms with van der Waals surface area (Å²) in [6, 6.07) is 1.87. The van der Waals surface area contributed by atoms with Crippen LogP contribution < -0.4 is 0 Å². The van der Waals surface area contributed by atoms with Gasteiger partial charge in [0.25, 0.3) is 0 Å². The summed E-state index contributed by atoms with van der Waals surface area (Å²) >= 11 is 5.07. The fraction of sp³-hybridized carbons (Fsp3) is 0.417. The van der Waals surface area contributed by atoms with Crippen molar-refractivity contribution in [3.05, 3.63) is 22.9 Å². The summed E-state index contributed by atoms with van der Waals surface area (Å²) in [6.45, 7) is 6.34. The predicted octanol–water partition coefficient (Wildman–Crippen LogP) is 3.58. The van der Waals surface area contributed by atoms with E-state index < -0.39 is 0 Å². The smallest absolute Gasteiger partial charge is 0.187 e. The van der Waals surface area contributed by atoms with Crippen LogP contribution in [0.2, 0.25) is 0 Å². The Morgan fingerprint density at radius 3 is 2.61 bits per heavy atom. The van der Waals surface area contributed by atoms with E-state index in [-0.39, 0.29) is 5.54 Å². The van der Waals surface area contributed by atoms with Crippen molar-refractivity contribution < 1.29 is 0 Å². The van der Waals surface area contributed by atoms with Crippen molar-refractivity contribution >= 4 is 27.7 Å². The van der Waals surface area contributed by atoms with E-state index in [1.165, 1.54) is 11.8 Å². The van der Waals surface area contributed by atoms with Crippen LogP contribution in [0.1, 0.15) is 20.8 Å². The Bertz CT molecular complexity index is 559. The first kappa shape index (κ1) is 13.5. The maximum atomic E-state index is 4.60. The quantitative estimate of drug-likeness (QED) is 0.625. The highest BCUT2D eigenvalue weighted by molar-refractivity contribution is 9.10. The Morgan fingerprint density at radius 1 is 1.33 bits per heavy atom. The van der Waals surface area contributed by atoms with E-state index in [9.17, 15) is 0 Å². The molecule has 0 N–H and O–H groups in total. The molecule has 0 unspecified atom stereocenters. The topological polar surface area (TPSA) is 43.6 Å². The van der Waals surface area contributed by atoms with Gasteiger partial charge in [-0.15, -0.1) is 0 Å². The van der Waals surface area contributed by atoms with Gasteiger partial charge in [0, 0.05) is 12.4 Å². The molecular formula is C12H15BrN4S. The van der Waals surface area contributed by atoms with E-state index in [4.69, 9.17) is 0 Å². The average Bonchev–Trinajstić information content (AvgIpc) is 2.71. The summed E-state index contributed by atoms with van der Waals surface area (Å²) in [6.07, 6.45) is 5.70. The highest BCUT2D eigenvalue weighted by atomic mass is 79.9. The van der Waals surface area contributed by atoms with Crippen LogP contribution in [0.25, 0.3) is 11.4 Å². The normalized spacial score (nSPS) is 11.8. The monoisotopic (exact) mass is 326 g/mol. The van der Waals surface area contributed by atoms with Gasteiger partial charge in [-0.2, -0.15) is 5.10 Å². The molecule has 0 amide bonds. The van der Waals surface area contributed by atoms with Crippen LogP contribution in [-0.2, 0) is 5.54 Å². The molecule has 18 heavy (non-hydrogen) atoms. The number of hydrogen-bond donors (Lipinski definition) is 0. The zero-order chi connectivity index (χ0) is 13.3. The van der Waals surface area contributed by atoms with E-state index in [1.54, 1.807) is 6.20 Å². The first-order valence-corrected chi connectivity index (χ1v) is 7.56. The summed E-state index contributed by atoms with van der Waals surface area (Å²) in [7, 11) is 0. The molecule has 0 saturated carbocycles. The molecule has 0 spiro atoms. The third-order valence-corrected chi connectivity index (χ3v) is 3.56. The van der Waals surface area contributed by atoms with Gasteiger partial charge in [-0.3, -0.25) is 4.68 Å². The fourth-order valence-electron chi connectivity index (χ4n) is 1.44. The number of nitrogens with zero attached hydrogens (tertiary/aromatic N) is 4. The minimum absolute atomic E-state index is 0.0455. The lowest BCUT2D eigenvalue weighted by Gasteiger charge is -2.18. The van der Waals surface area contributed by atoms with Gasteiger partial charge in [0.1, 0.15) is 5.69 Å². The summed E-state index contributed by atoms with van der Waals surface area (Å²) < 4.78 is 2.89. The molecule has 0 atom stereocenters. The Hall–Kier alpha value is -0.880. The van der Waals surface area contributed by atoms with E-state index in [0.29, 0.717) is 0 Å². The molecule has 2 rings (SSSR count). The molecular weight excluding hydrogens is 312 g/mol. The van der Waals surface area contributed by atoms with Crippen LogP contribution >= 0.6 is 27.7 Å². The molecule has 0 aliphatic heterocycles. The van der Waals surface area contributed by atoms with Crippen LogP contribution in [0.15, 0.2) is 28.1 Å². The van der Waals surface area contributed by atoms with Gasteiger partial charge >= 0.3 is 0 Å². The van der Waals surface area contributed by atoms with Crippen LogP contribution in [-0.4, -0.2) is 26.0 Å². The molecule has 0 fully saturated rings. The van der Waals surface area contributed by atoms with E-state index in [0.717, 1.165) is 21.0 Å². The van der Waals surface area contributed by atoms with Crippen molar-refractivity contribution in [1.29, 1.82) is 0 Å². The molecule has 4 nitrogen and oxygen atoms in total. The molecule has 0 radical (unpaired) electrons. The number of hydrogen-bond acceptors (Lipinski definition) is 4. The molecule has 0 aromatic carbocycles. The standard InChI is InChI=1S/C12H15BrN4S/c1-12(2,3)17-7-8(13)10(16-17)9-5-6-14-11(15-9)18-4/h5-7H,1-4H3. The van der Waals surface area contributed by atoms with Crippen molar-refractivity contribution in [2.45, 2.75) is 31.5 Å². The summed E-state index contributed by atoms with van der Waals surface area (Å²) in [5, 5.41) is 5.35. The average molecular weight is 327 g/mol. The molecule has 0 aliphatic carbocycles. The fourth-order valence-corrected chi connectivity index (χ4v) is 2.27.